The predicted octanol–water partition coefficient (Wildman–Crippen LogP) is 1.60. The van der Waals surface area contributed by atoms with E-state index in [-0.39, 0.29) is 12.3 Å². The fraction of sp³-hybridized carbons (Fsp3) is 0.278. The number of rotatable bonds is 4. The Bertz CT molecular complexity index is 774. The lowest BCUT2D eigenvalue weighted by Gasteiger charge is -2.35. The van der Waals surface area contributed by atoms with Gasteiger partial charge in [0, 0.05) is 16.5 Å². The molecule has 1 aliphatic rings. The third-order valence-corrected chi connectivity index (χ3v) is 4.08. The zero-order chi connectivity index (χ0) is 16.7. The van der Waals surface area contributed by atoms with Crippen molar-refractivity contribution in [2.24, 2.45) is 5.92 Å². The zero-order valence-corrected chi connectivity index (χ0v) is 12.9. The first-order valence-electron chi connectivity index (χ1n) is 7.52. The molecule has 0 radical (unpaired) electrons. The number of carboxylic acid groups (broad SMARTS) is 1. The second-order valence-corrected chi connectivity index (χ2v) is 6.15. The smallest absolute Gasteiger partial charge is 0.262 e. The van der Waals surface area contributed by atoms with Crippen molar-refractivity contribution in [3.63, 3.8) is 0 Å². The minimum Gasteiger partial charge on any atom is -0.548 e. The number of hydrogen-bond acceptors (Lipinski definition) is 4. The third kappa shape index (κ3) is 2.38. The summed E-state index contributed by atoms with van der Waals surface area (Å²) in [6.07, 6.45) is 0.165. The summed E-state index contributed by atoms with van der Waals surface area (Å²) < 4.78 is 0. The van der Waals surface area contributed by atoms with Gasteiger partial charge < -0.3 is 9.90 Å². The van der Waals surface area contributed by atoms with Gasteiger partial charge in [-0.2, -0.15) is 0 Å². The molecule has 1 atom stereocenters. The molecule has 0 bridgehead atoms. The van der Waals surface area contributed by atoms with Crippen LogP contribution in [0.1, 0.15) is 41.0 Å². The van der Waals surface area contributed by atoms with Crippen LogP contribution < -0.4 is 5.11 Å². The second-order valence-electron chi connectivity index (χ2n) is 6.15. The van der Waals surface area contributed by atoms with Gasteiger partial charge in [-0.1, -0.05) is 38.1 Å². The SMILES string of the molecule is CC(C)C[C@@H](C(=O)[O-])N1C(=O)c2cccc3cccc(c23)C1=O. The summed E-state index contributed by atoms with van der Waals surface area (Å²) in [5, 5.41) is 12.9. The summed E-state index contributed by atoms with van der Waals surface area (Å²) in [6.45, 7) is 3.67. The molecule has 1 heterocycles. The van der Waals surface area contributed by atoms with Gasteiger partial charge >= 0.3 is 0 Å². The van der Waals surface area contributed by atoms with Crippen LogP contribution in [0, 0.1) is 5.92 Å². The molecule has 5 nitrogen and oxygen atoms in total. The van der Waals surface area contributed by atoms with E-state index in [0.29, 0.717) is 16.5 Å². The van der Waals surface area contributed by atoms with E-state index in [0.717, 1.165) is 10.3 Å². The Morgan fingerprint density at radius 1 is 1.04 bits per heavy atom. The van der Waals surface area contributed by atoms with Gasteiger partial charge in [0.05, 0.1) is 12.0 Å². The minimum absolute atomic E-state index is 0.00598. The molecule has 23 heavy (non-hydrogen) atoms. The molecule has 0 N–H and O–H groups in total. The molecule has 0 saturated carbocycles. The van der Waals surface area contributed by atoms with E-state index < -0.39 is 23.8 Å². The molecule has 0 fully saturated rings. The van der Waals surface area contributed by atoms with Crippen LogP contribution in [0.3, 0.4) is 0 Å². The van der Waals surface area contributed by atoms with Crippen LogP contribution in [0.2, 0.25) is 0 Å². The number of carbonyl (C=O) groups is 3. The highest BCUT2D eigenvalue weighted by Crippen LogP contribution is 2.31. The average Bonchev–Trinajstić information content (AvgIpc) is 2.51. The Hall–Kier alpha value is -2.69. The van der Waals surface area contributed by atoms with E-state index >= 15 is 0 Å². The molecular weight excluding hydrogens is 294 g/mol. The normalized spacial score (nSPS) is 15.3. The number of carboxylic acids is 1. The van der Waals surface area contributed by atoms with Crippen LogP contribution in [-0.2, 0) is 4.79 Å². The van der Waals surface area contributed by atoms with Gasteiger partial charge in [-0.3, -0.25) is 14.5 Å². The minimum atomic E-state index is -1.41. The molecule has 2 aromatic rings. The molecule has 3 rings (SSSR count). The first-order valence-corrected chi connectivity index (χ1v) is 7.52. The lowest BCUT2D eigenvalue weighted by molar-refractivity contribution is -0.310. The van der Waals surface area contributed by atoms with Crippen LogP contribution in [-0.4, -0.2) is 28.7 Å². The Labute approximate surface area is 133 Å². The third-order valence-electron chi connectivity index (χ3n) is 4.08. The molecule has 118 valence electrons. The highest BCUT2D eigenvalue weighted by molar-refractivity contribution is 6.26. The summed E-state index contributed by atoms with van der Waals surface area (Å²) in [6, 6.07) is 9.07. The second kappa shape index (κ2) is 5.50. The van der Waals surface area contributed by atoms with Crippen molar-refractivity contribution in [1.29, 1.82) is 0 Å². The first kappa shape index (κ1) is 15.2. The first-order chi connectivity index (χ1) is 10.9. The largest absolute Gasteiger partial charge is 0.548 e. The maximum Gasteiger partial charge on any atom is 0.262 e. The van der Waals surface area contributed by atoms with E-state index in [1.165, 1.54) is 0 Å². The van der Waals surface area contributed by atoms with Crippen LogP contribution in [0.25, 0.3) is 10.8 Å². The lowest BCUT2D eigenvalue weighted by atomic mass is 9.91. The van der Waals surface area contributed by atoms with Crippen molar-refractivity contribution < 1.29 is 19.5 Å². The van der Waals surface area contributed by atoms with Crippen LogP contribution in [0.4, 0.5) is 0 Å². The van der Waals surface area contributed by atoms with E-state index in [1.54, 1.807) is 24.3 Å². The highest BCUT2D eigenvalue weighted by atomic mass is 16.4. The van der Waals surface area contributed by atoms with Gasteiger partial charge in [0.2, 0.25) is 0 Å². The standard InChI is InChI=1S/C18H17NO4/c1-10(2)9-14(18(22)23)19-16(20)12-7-3-5-11-6-4-8-13(15(11)12)17(19)21/h3-8,10,14H,9H2,1-2H3,(H,22,23)/p-1/t14-/m0/s1. The zero-order valence-electron chi connectivity index (χ0n) is 12.9. The molecule has 0 unspecified atom stereocenters. The summed E-state index contributed by atoms with van der Waals surface area (Å²) in [5.41, 5.74) is 0.709. The van der Waals surface area contributed by atoms with E-state index in [1.807, 2.05) is 26.0 Å². The number of benzene rings is 2. The Kier molecular flexibility index (Phi) is 3.64. The number of hydrogen-bond donors (Lipinski definition) is 0. The molecule has 0 saturated heterocycles. The number of nitrogens with zero attached hydrogens (tertiary/aromatic N) is 1. The van der Waals surface area contributed by atoms with Crippen molar-refractivity contribution in [3.8, 4) is 0 Å². The Morgan fingerprint density at radius 2 is 1.57 bits per heavy atom. The van der Waals surface area contributed by atoms with Crippen molar-refractivity contribution in [2.75, 3.05) is 0 Å². The average molecular weight is 310 g/mol. The van der Waals surface area contributed by atoms with E-state index in [9.17, 15) is 19.5 Å². The molecule has 0 spiro atoms. The summed E-state index contributed by atoms with van der Waals surface area (Å²) in [5.74, 6) is -2.55. The highest BCUT2D eigenvalue weighted by Gasteiger charge is 2.38. The fourth-order valence-corrected chi connectivity index (χ4v) is 3.09. The topological polar surface area (TPSA) is 77.5 Å². The molecule has 5 heteroatoms. The van der Waals surface area contributed by atoms with Gasteiger partial charge in [-0.25, -0.2) is 0 Å². The van der Waals surface area contributed by atoms with E-state index in [2.05, 4.69) is 0 Å². The number of imide groups is 1. The summed E-state index contributed by atoms with van der Waals surface area (Å²) in [4.78, 5) is 37.9. The van der Waals surface area contributed by atoms with Gasteiger partial charge in [0.25, 0.3) is 11.8 Å². The molecule has 2 aromatic carbocycles. The summed E-state index contributed by atoms with van der Waals surface area (Å²) in [7, 11) is 0. The fourth-order valence-electron chi connectivity index (χ4n) is 3.09. The van der Waals surface area contributed by atoms with Crippen LogP contribution in [0.5, 0.6) is 0 Å². The maximum atomic E-state index is 12.8. The van der Waals surface area contributed by atoms with Gasteiger partial charge in [0.1, 0.15) is 0 Å². The molecule has 2 amide bonds. The van der Waals surface area contributed by atoms with Gasteiger partial charge in [-0.05, 0) is 29.9 Å². The van der Waals surface area contributed by atoms with Crippen molar-refractivity contribution in [2.45, 2.75) is 26.3 Å². The number of amides is 2. The van der Waals surface area contributed by atoms with Gasteiger partial charge in [0.15, 0.2) is 0 Å². The monoisotopic (exact) mass is 310 g/mol. The Balaban J connectivity index is 2.18. The number of carbonyl (C=O) groups excluding carboxylic acids is 3. The molecule has 1 aliphatic heterocycles. The van der Waals surface area contributed by atoms with Crippen molar-refractivity contribution in [3.05, 3.63) is 47.5 Å². The van der Waals surface area contributed by atoms with Crippen molar-refractivity contribution in [1.82, 2.24) is 4.90 Å². The Morgan fingerprint density at radius 3 is 2.00 bits per heavy atom. The van der Waals surface area contributed by atoms with Crippen molar-refractivity contribution >= 4 is 28.6 Å². The van der Waals surface area contributed by atoms with Crippen LogP contribution >= 0.6 is 0 Å². The quantitative estimate of drug-likeness (QED) is 0.804. The molecular formula is C18H16NO4-. The predicted molar refractivity (Wildman–Crippen MR) is 82.7 cm³/mol. The summed E-state index contributed by atoms with van der Waals surface area (Å²) >= 11 is 0. The molecule has 0 aromatic heterocycles. The number of aliphatic carboxylic acids is 1. The van der Waals surface area contributed by atoms with E-state index in [4.69, 9.17) is 0 Å². The van der Waals surface area contributed by atoms with Gasteiger partial charge in [-0.15, -0.1) is 0 Å². The molecule has 0 aliphatic carbocycles. The van der Waals surface area contributed by atoms with Crippen LogP contribution in [0.15, 0.2) is 36.4 Å². The lowest BCUT2D eigenvalue weighted by Crippen LogP contribution is -2.55. The maximum absolute atomic E-state index is 12.8.